The van der Waals surface area contributed by atoms with E-state index in [0.29, 0.717) is 0 Å². The minimum absolute atomic E-state index is 0.0333. The van der Waals surface area contributed by atoms with E-state index in [9.17, 15) is 4.79 Å². The first-order valence-corrected chi connectivity index (χ1v) is 5.40. The molecule has 1 amide bonds. The number of nitrogens with two attached hydrogens (primary N) is 1. The van der Waals surface area contributed by atoms with Crippen LogP contribution >= 0.6 is 11.3 Å². The van der Waals surface area contributed by atoms with Gasteiger partial charge in [-0.2, -0.15) is 0 Å². The second kappa shape index (κ2) is 3.33. The van der Waals surface area contributed by atoms with E-state index in [4.69, 9.17) is 5.73 Å². The van der Waals surface area contributed by atoms with E-state index in [1.807, 2.05) is 6.92 Å². The Morgan fingerprint density at radius 1 is 1.64 bits per heavy atom. The van der Waals surface area contributed by atoms with Gasteiger partial charge in [-0.25, -0.2) is 4.98 Å². The number of amides is 1. The molecule has 76 valence electrons. The zero-order valence-electron chi connectivity index (χ0n) is 8.28. The highest BCUT2D eigenvalue weighted by Crippen LogP contribution is 2.29. The lowest BCUT2D eigenvalue weighted by Gasteiger charge is -2.15. The summed E-state index contributed by atoms with van der Waals surface area (Å²) in [6.45, 7) is 1.96. The topological polar surface area (TPSA) is 59.2 Å². The van der Waals surface area contributed by atoms with Gasteiger partial charge in [0.25, 0.3) is 0 Å². The molecule has 2 rings (SSSR count). The fourth-order valence-corrected chi connectivity index (χ4v) is 2.63. The molecular formula is C9H13N3OS. The predicted octanol–water partition coefficient (Wildman–Crippen LogP) is 0.688. The highest BCUT2D eigenvalue weighted by molar-refractivity contribution is 7.12. The summed E-state index contributed by atoms with van der Waals surface area (Å²) in [5.41, 5.74) is 5.73. The molecule has 5 heteroatoms. The quantitative estimate of drug-likeness (QED) is 0.686. The number of nitrogens with zero attached hydrogens (tertiary/aromatic N) is 2. The summed E-state index contributed by atoms with van der Waals surface area (Å²) in [5, 5.41) is 1.00. The minimum atomic E-state index is -0.373. The van der Waals surface area contributed by atoms with E-state index in [2.05, 4.69) is 4.98 Å². The van der Waals surface area contributed by atoms with Crippen LogP contribution in [-0.4, -0.2) is 24.0 Å². The molecule has 0 saturated heterocycles. The zero-order chi connectivity index (χ0) is 10.3. The summed E-state index contributed by atoms with van der Waals surface area (Å²) in [5.74, 6) is 0.763. The third-order valence-corrected chi connectivity index (χ3v) is 3.45. The predicted molar refractivity (Wildman–Crippen MR) is 56.6 cm³/mol. The summed E-state index contributed by atoms with van der Waals surface area (Å²) in [6, 6.07) is -0.373. The highest BCUT2D eigenvalue weighted by Gasteiger charge is 2.27. The van der Waals surface area contributed by atoms with Gasteiger partial charge < -0.3 is 5.73 Å². The van der Waals surface area contributed by atoms with Crippen LogP contribution in [0.2, 0.25) is 0 Å². The van der Waals surface area contributed by atoms with Crippen LogP contribution in [0.25, 0.3) is 0 Å². The van der Waals surface area contributed by atoms with Crippen LogP contribution in [0, 0.1) is 6.92 Å². The summed E-state index contributed by atoms with van der Waals surface area (Å²) in [4.78, 5) is 18.8. The highest BCUT2D eigenvalue weighted by atomic mass is 32.1. The van der Waals surface area contributed by atoms with Crippen LogP contribution < -0.4 is 10.6 Å². The number of carbonyl (C=O) groups excluding carboxylic acids is 1. The van der Waals surface area contributed by atoms with Crippen molar-refractivity contribution in [2.45, 2.75) is 25.8 Å². The van der Waals surface area contributed by atoms with Gasteiger partial charge in [-0.15, -0.1) is 11.3 Å². The number of fused-ring (bicyclic) bond motifs is 1. The molecule has 1 aromatic rings. The van der Waals surface area contributed by atoms with E-state index < -0.39 is 0 Å². The smallest absolute Gasteiger partial charge is 0.244 e. The third-order valence-electron chi connectivity index (χ3n) is 2.43. The molecule has 0 saturated carbocycles. The van der Waals surface area contributed by atoms with E-state index in [1.54, 1.807) is 23.3 Å². The molecule has 0 aromatic carbocycles. The van der Waals surface area contributed by atoms with Crippen molar-refractivity contribution >= 4 is 23.1 Å². The van der Waals surface area contributed by atoms with Crippen LogP contribution in [0.1, 0.15) is 16.3 Å². The lowest BCUT2D eigenvalue weighted by atomic mass is 10.2. The van der Waals surface area contributed by atoms with E-state index in [-0.39, 0.29) is 11.9 Å². The second-order valence-electron chi connectivity index (χ2n) is 3.52. The van der Waals surface area contributed by atoms with Crippen molar-refractivity contribution < 1.29 is 4.79 Å². The molecule has 1 atom stereocenters. The molecule has 0 bridgehead atoms. The number of hydrogen-bond acceptors (Lipinski definition) is 4. The molecule has 0 fully saturated rings. The monoisotopic (exact) mass is 211 g/mol. The maximum Gasteiger partial charge on any atom is 0.244 e. The van der Waals surface area contributed by atoms with Crippen molar-refractivity contribution in [2.24, 2.45) is 5.73 Å². The lowest BCUT2D eigenvalue weighted by molar-refractivity contribution is -0.119. The molecule has 1 aliphatic rings. The Hall–Kier alpha value is -0.940. The van der Waals surface area contributed by atoms with E-state index in [1.165, 1.54) is 4.88 Å². The van der Waals surface area contributed by atoms with Gasteiger partial charge in [0.2, 0.25) is 5.91 Å². The minimum Gasteiger partial charge on any atom is -0.320 e. The number of likely N-dealkylation sites (N-methyl/N-ethyl adjacent to an activating group) is 1. The van der Waals surface area contributed by atoms with Crippen molar-refractivity contribution in [3.8, 4) is 0 Å². The SMILES string of the molecule is Cc1nc2c(s1)CCC(N)C(=O)N2C. The number of aryl methyl sites for hydroxylation is 2. The van der Waals surface area contributed by atoms with Gasteiger partial charge in [-0.1, -0.05) is 0 Å². The Morgan fingerprint density at radius 2 is 2.36 bits per heavy atom. The number of carbonyl (C=O) groups is 1. The van der Waals surface area contributed by atoms with Gasteiger partial charge in [0.1, 0.15) is 5.82 Å². The zero-order valence-corrected chi connectivity index (χ0v) is 9.10. The standard InChI is InChI=1S/C9H13N3OS/c1-5-11-8-7(14-5)4-3-6(10)9(13)12(8)2/h6H,3-4,10H2,1-2H3. The van der Waals surface area contributed by atoms with Gasteiger partial charge in [-0.3, -0.25) is 9.69 Å². The van der Waals surface area contributed by atoms with Crippen molar-refractivity contribution in [3.63, 3.8) is 0 Å². The number of hydrogen-bond donors (Lipinski definition) is 1. The Bertz CT molecular complexity index is 374. The van der Waals surface area contributed by atoms with Gasteiger partial charge in [0.15, 0.2) is 0 Å². The molecule has 1 aromatic heterocycles. The second-order valence-corrected chi connectivity index (χ2v) is 4.81. The number of rotatable bonds is 0. The van der Waals surface area contributed by atoms with Crippen LogP contribution in [0.3, 0.4) is 0 Å². The summed E-state index contributed by atoms with van der Waals surface area (Å²) in [7, 11) is 1.74. The molecule has 0 spiro atoms. The fourth-order valence-electron chi connectivity index (χ4n) is 1.65. The average molecular weight is 211 g/mol. The van der Waals surface area contributed by atoms with Crippen molar-refractivity contribution in [2.75, 3.05) is 11.9 Å². The molecule has 14 heavy (non-hydrogen) atoms. The lowest BCUT2D eigenvalue weighted by Crippen LogP contribution is -2.40. The molecule has 2 N–H and O–H groups in total. The first-order valence-electron chi connectivity index (χ1n) is 4.59. The molecule has 0 aliphatic carbocycles. The number of anilines is 1. The average Bonchev–Trinajstić information content (AvgIpc) is 2.49. The largest absolute Gasteiger partial charge is 0.320 e. The maximum absolute atomic E-state index is 11.7. The molecule has 4 nitrogen and oxygen atoms in total. The van der Waals surface area contributed by atoms with Crippen LogP contribution in [-0.2, 0) is 11.2 Å². The molecular weight excluding hydrogens is 198 g/mol. The normalized spacial score (nSPS) is 22.1. The summed E-state index contributed by atoms with van der Waals surface area (Å²) in [6.07, 6.45) is 1.58. The van der Waals surface area contributed by atoms with E-state index in [0.717, 1.165) is 23.7 Å². The summed E-state index contributed by atoms with van der Waals surface area (Å²) < 4.78 is 0. The van der Waals surface area contributed by atoms with Gasteiger partial charge >= 0.3 is 0 Å². The van der Waals surface area contributed by atoms with Crippen LogP contribution in [0.15, 0.2) is 0 Å². The van der Waals surface area contributed by atoms with Crippen LogP contribution in [0.4, 0.5) is 5.82 Å². The van der Waals surface area contributed by atoms with Gasteiger partial charge in [0, 0.05) is 11.9 Å². The molecule has 1 unspecified atom stereocenters. The van der Waals surface area contributed by atoms with Gasteiger partial charge in [-0.05, 0) is 19.8 Å². The molecule has 1 aliphatic heterocycles. The van der Waals surface area contributed by atoms with E-state index >= 15 is 0 Å². The fraction of sp³-hybridized carbons (Fsp3) is 0.556. The Kier molecular flexibility index (Phi) is 2.28. The van der Waals surface area contributed by atoms with Crippen molar-refractivity contribution in [1.82, 2.24) is 4.98 Å². The summed E-state index contributed by atoms with van der Waals surface area (Å²) >= 11 is 1.65. The van der Waals surface area contributed by atoms with Gasteiger partial charge in [0.05, 0.1) is 11.0 Å². The number of aromatic nitrogens is 1. The van der Waals surface area contributed by atoms with Crippen molar-refractivity contribution in [3.05, 3.63) is 9.88 Å². The Labute approximate surface area is 86.7 Å². The molecule has 2 heterocycles. The Balaban J connectivity index is 2.43. The number of thiazole rings is 1. The Morgan fingerprint density at radius 3 is 3.07 bits per heavy atom. The third kappa shape index (κ3) is 1.42. The molecule has 0 radical (unpaired) electrons. The van der Waals surface area contributed by atoms with Crippen LogP contribution in [0.5, 0.6) is 0 Å². The van der Waals surface area contributed by atoms with Crippen molar-refractivity contribution in [1.29, 1.82) is 0 Å². The first kappa shape index (κ1) is 9.61. The maximum atomic E-state index is 11.7. The first-order chi connectivity index (χ1) is 6.59.